The lowest BCUT2D eigenvalue weighted by atomic mass is 10.4. The maximum atomic E-state index is 5.38. The van der Waals surface area contributed by atoms with Crippen molar-refractivity contribution in [2.45, 2.75) is 12.6 Å². The third kappa shape index (κ3) is 0.821. The summed E-state index contributed by atoms with van der Waals surface area (Å²) >= 11 is 0. The summed E-state index contributed by atoms with van der Waals surface area (Å²) < 4.78 is 5.38. The molecule has 0 spiro atoms. The molecule has 1 unspecified atom stereocenters. The normalized spacial score (nSPS) is 34.0. The first-order chi connectivity index (χ1) is 4.47. The predicted octanol–water partition coefficient (Wildman–Crippen LogP) is 0.0667. The Bertz CT molecular complexity index is 135. The van der Waals surface area contributed by atoms with Crippen LogP contribution >= 0.6 is 0 Å². The molecule has 0 radical (unpaired) electrons. The van der Waals surface area contributed by atoms with Crippen LogP contribution < -0.4 is 5.43 Å². The van der Waals surface area contributed by atoms with Gasteiger partial charge in [0.25, 0.3) is 0 Å². The van der Waals surface area contributed by atoms with Gasteiger partial charge in [-0.15, -0.1) is 0 Å². The van der Waals surface area contributed by atoms with E-state index in [1.165, 1.54) is 0 Å². The lowest BCUT2D eigenvalue weighted by Crippen LogP contribution is -2.43. The highest BCUT2D eigenvalue weighted by molar-refractivity contribution is 4.94. The van der Waals surface area contributed by atoms with Gasteiger partial charge < -0.3 is 10.2 Å². The van der Waals surface area contributed by atoms with E-state index < -0.39 is 0 Å². The molecule has 0 aliphatic carbocycles. The summed E-state index contributed by atoms with van der Waals surface area (Å²) in [5.41, 5.74) is 3.09. The lowest BCUT2D eigenvalue weighted by molar-refractivity contribution is -0.0723. The van der Waals surface area contributed by atoms with Crippen LogP contribution in [-0.2, 0) is 4.74 Å². The highest BCUT2D eigenvalue weighted by atomic mass is 16.5. The molecule has 0 aromatic rings. The molecule has 1 N–H and O–H groups in total. The second-order valence-corrected chi connectivity index (χ2v) is 2.30. The zero-order chi connectivity index (χ0) is 6.10. The number of fused-ring (bicyclic) bond motifs is 1. The third-order valence-electron chi connectivity index (χ3n) is 1.64. The Kier molecular flexibility index (Phi) is 1.17. The quantitative estimate of drug-likeness (QED) is 0.497. The van der Waals surface area contributed by atoms with E-state index in [2.05, 4.69) is 10.4 Å². The third-order valence-corrected chi connectivity index (χ3v) is 1.64. The minimum Gasteiger partial charge on any atom is -0.358 e. The van der Waals surface area contributed by atoms with Crippen LogP contribution in [0.2, 0.25) is 0 Å². The summed E-state index contributed by atoms with van der Waals surface area (Å²) in [7, 11) is 0. The highest BCUT2D eigenvalue weighted by Gasteiger charge is 2.22. The van der Waals surface area contributed by atoms with E-state index in [-0.39, 0.29) is 6.23 Å². The van der Waals surface area contributed by atoms with Gasteiger partial charge in [0.05, 0.1) is 6.61 Å². The second-order valence-electron chi connectivity index (χ2n) is 2.30. The van der Waals surface area contributed by atoms with E-state index >= 15 is 0 Å². The number of hydrogen-bond acceptors (Lipinski definition) is 3. The molecule has 0 aromatic heterocycles. The van der Waals surface area contributed by atoms with Gasteiger partial charge in [0, 0.05) is 12.7 Å². The maximum absolute atomic E-state index is 5.38. The average molecular weight is 126 g/mol. The number of nitrogens with zero attached hydrogens (tertiary/aromatic N) is 1. The molecule has 0 bridgehead atoms. The number of hydrogen-bond donors (Lipinski definition) is 1. The van der Waals surface area contributed by atoms with Crippen molar-refractivity contribution in [3.63, 3.8) is 0 Å². The van der Waals surface area contributed by atoms with E-state index in [0.29, 0.717) is 0 Å². The van der Waals surface area contributed by atoms with Crippen molar-refractivity contribution in [3.05, 3.63) is 12.3 Å². The summed E-state index contributed by atoms with van der Waals surface area (Å²) in [6.07, 6.45) is 5.29. The molecule has 0 saturated carbocycles. The van der Waals surface area contributed by atoms with Crippen molar-refractivity contribution in [1.29, 1.82) is 0 Å². The van der Waals surface area contributed by atoms with Crippen LogP contribution in [0.4, 0.5) is 0 Å². The van der Waals surface area contributed by atoms with E-state index in [4.69, 9.17) is 4.74 Å². The molecule has 2 heterocycles. The molecule has 1 fully saturated rings. The number of ether oxygens (including phenoxy) is 1. The largest absolute Gasteiger partial charge is 0.358 e. The SMILES string of the molecule is C1=CC2OCCCN2N1. The monoisotopic (exact) mass is 126 g/mol. The van der Waals surface area contributed by atoms with Gasteiger partial charge in [0.2, 0.25) is 0 Å². The van der Waals surface area contributed by atoms with Gasteiger partial charge in [-0.25, -0.2) is 0 Å². The fourth-order valence-corrected chi connectivity index (χ4v) is 1.17. The van der Waals surface area contributed by atoms with Gasteiger partial charge in [0.15, 0.2) is 0 Å². The fourth-order valence-electron chi connectivity index (χ4n) is 1.17. The van der Waals surface area contributed by atoms with Gasteiger partial charge in [-0.3, -0.25) is 0 Å². The van der Waals surface area contributed by atoms with Crippen LogP contribution in [0.3, 0.4) is 0 Å². The predicted molar refractivity (Wildman–Crippen MR) is 33.3 cm³/mol. The van der Waals surface area contributed by atoms with Crippen LogP contribution in [0.5, 0.6) is 0 Å². The minimum absolute atomic E-state index is 0.207. The number of rotatable bonds is 0. The van der Waals surface area contributed by atoms with Crippen molar-refractivity contribution >= 4 is 0 Å². The van der Waals surface area contributed by atoms with Gasteiger partial charge >= 0.3 is 0 Å². The first-order valence-corrected chi connectivity index (χ1v) is 3.28. The van der Waals surface area contributed by atoms with Crippen LogP contribution in [0.15, 0.2) is 12.3 Å². The van der Waals surface area contributed by atoms with E-state index in [0.717, 1.165) is 19.6 Å². The van der Waals surface area contributed by atoms with Gasteiger partial charge in [-0.2, -0.15) is 5.01 Å². The first-order valence-electron chi connectivity index (χ1n) is 3.28. The Morgan fingerprint density at radius 2 is 2.67 bits per heavy atom. The maximum Gasteiger partial charge on any atom is 0.147 e. The molecule has 3 heteroatoms. The Labute approximate surface area is 54.3 Å². The Morgan fingerprint density at radius 3 is 3.56 bits per heavy atom. The van der Waals surface area contributed by atoms with E-state index in [1.54, 1.807) is 0 Å². The fraction of sp³-hybridized carbons (Fsp3) is 0.667. The van der Waals surface area contributed by atoms with Crippen molar-refractivity contribution < 1.29 is 4.74 Å². The molecule has 0 amide bonds. The molecular formula is C6H10N2O. The van der Waals surface area contributed by atoms with Crippen molar-refractivity contribution in [2.24, 2.45) is 0 Å². The Hall–Kier alpha value is -0.540. The Morgan fingerprint density at radius 1 is 1.67 bits per heavy atom. The van der Waals surface area contributed by atoms with Gasteiger partial charge in [-0.1, -0.05) is 0 Å². The molecule has 50 valence electrons. The average Bonchev–Trinajstić information content (AvgIpc) is 2.33. The van der Waals surface area contributed by atoms with Crippen molar-refractivity contribution in [3.8, 4) is 0 Å². The molecule has 2 aliphatic rings. The molecule has 2 aliphatic heterocycles. The molecule has 3 nitrogen and oxygen atoms in total. The van der Waals surface area contributed by atoms with Crippen molar-refractivity contribution in [2.75, 3.05) is 13.2 Å². The summed E-state index contributed by atoms with van der Waals surface area (Å²) in [5.74, 6) is 0. The zero-order valence-corrected chi connectivity index (χ0v) is 5.21. The Balaban J connectivity index is 2.03. The van der Waals surface area contributed by atoms with Crippen LogP contribution in [0, 0.1) is 0 Å². The summed E-state index contributed by atoms with van der Waals surface area (Å²) in [6.45, 7) is 1.99. The number of nitrogens with one attached hydrogen (secondary N) is 1. The molecule has 0 aromatic carbocycles. The van der Waals surface area contributed by atoms with Crippen molar-refractivity contribution in [1.82, 2.24) is 10.4 Å². The molecule has 1 saturated heterocycles. The minimum atomic E-state index is 0.207. The van der Waals surface area contributed by atoms with E-state index in [1.807, 2.05) is 12.3 Å². The number of hydrazine groups is 1. The van der Waals surface area contributed by atoms with Gasteiger partial charge in [-0.05, 0) is 12.5 Å². The molecule has 9 heavy (non-hydrogen) atoms. The summed E-state index contributed by atoms with van der Waals surface area (Å²) in [6, 6.07) is 0. The second kappa shape index (κ2) is 2.01. The van der Waals surface area contributed by atoms with Crippen LogP contribution in [0.25, 0.3) is 0 Å². The van der Waals surface area contributed by atoms with Crippen LogP contribution in [0.1, 0.15) is 6.42 Å². The topological polar surface area (TPSA) is 24.5 Å². The van der Waals surface area contributed by atoms with E-state index in [9.17, 15) is 0 Å². The molecular weight excluding hydrogens is 116 g/mol. The van der Waals surface area contributed by atoms with Crippen LogP contribution in [-0.4, -0.2) is 24.4 Å². The molecule has 1 atom stereocenters. The molecule has 2 rings (SSSR count). The van der Waals surface area contributed by atoms with Gasteiger partial charge in [0.1, 0.15) is 6.23 Å². The standard InChI is InChI=1S/C6H10N2O/c1-4-8-6(9-5-1)2-3-7-8/h2-3,6-7H,1,4-5H2. The smallest absolute Gasteiger partial charge is 0.147 e. The lowest BCUT2D eigenvalue weighted by Gasteiger charge is -2.28. The summed E-state index contributed by atoms with van der Waals surface area (Å²) in [4.78, 5) is 0. The summed E-state index contributed by atoms with van der Waals surface area (Å²) in [5, 5.41) is 2.09. The highest BCUT2D eigenvalue weighted by Crippen LogP contribution is 2.11. The first kappa shape index (κ1) is 5.26. The zero-order valence-electron chi connectivity index (χ0n) is 5.21.